The summed E-state index contributed by atoms with van der Waals surface area (Å²) >= 11 is 11.3. The fraction of sp³-hybridized carbons (Fsp3) is 0.455. The first-order valence-electron chi connectivity index (χ1n) is 4.95. The van der Waals surface area contributed by atoms with Crippen LogP contribution in [0.1, 0.15) is 5.56 Å². The average Bonchev–Trinajstić information content (AvgIpc) is 2.19. The molecule has 0 aliphatic carbocycles. The predicted molar refractivity (Wildman–Crippen MR) is 63.4 cm³/mol. The summed E-state index contributed by atoms with van der Waals surface area (Å²) in [7, 11) is 0. The third-order valence-electron chi connectivity index (χ3n) is 2.32. The summed E-state index contributed by atoms with van der Waals surface area (Å²) in [4.78, 5) is 0. The van der Waals surface area contributed by atoms with Gasteiger partial charge in [0, 0.05) is 5.56 Å². The Labute approximate surface area is 113 Å². The predicted octanol–water partition coefficient (Wildman–Crippen LogP) is -0.126. The van der Waals surface area contributed by atoms with Gasteiger partial charge in [0.15, 0.2) is 0 Å². The topological polar surface area (TPSA) is 20.2 Å². The highest BCUT2D eigenvalue weighted by atomic mass is 35.5. The Bertz CT molecular complexity index is 276. The fourth-order valence-corrected chi connectivity index (χ4v) is 2.14. The number of rotatable bonds is 6. The molecule has 0 aliphatic rings. The largest absolute Gasteiger partial charge is 1.00 e. The number of quaternary nitrogens is 1. The van der Waals surface area contributed by atoms with Crippen LogP contribution in [0.3, 0.4) is 0 Å². The van der Waals surface area contributed by atoms with Crippen molar-refractivity contribution in [3.05, 3.63) is 35.9 Å². The number of hydrogen-bond acceptors (Lipinski definition) is 1. The molecule has 1 aromatic carbocycles. The van der Waals surface area contributed by atoms with Gasteiger partial charge in [-0.15, -0.1) is 23.2 Å². The highest BCUT2D eigenvalue weighted by Gasteiger charge is 2.24. The molecule has 2 nitrogen and oxygen atoms in total. The van der Waals surface area contributed by atoms with Gasteiger partial charge in [0.1, 0.15) is 19.6 Å². The maximum Gasteiger partial charge on any atom is 0.134 e. The molecule has 0 radical (unpaired) electrons. The second kappa shape index (κ2) is 8.15. The third-order valence-corrected chi connectivity index (χ3v) is 2.66. The van der Waals surface area contributed by atoms with Crippen LogP contribution in [0.4, 0.5) is 0 Å². The second-order valence-corrected chi connectivity index (χ2v) is 4.32. The molecule has 0 fully saturated rings. The Morgan fingerprint density at radius 1 is 1.00 bits per heavy atom. The Morgan fingerprint density at radius 3 is 1.94 bits per heavy atom. The normalized spacial score (nSPS) is 10.9. The molecular formula is C11H16Cl3NO. The van der Waals surface area contributed by atoms with E-state index in [-0.39, 0.29) is 17.1 Å². The Morgan fingerprint density at radius 2 is 1.50 bits per heavy atom. The molecule has 1 rings (SSSR count). The number of halogens is 3. The molecule has 16 heavy (non-hydrogen) atoms. The van der Waals surface area contributed by atoms with Crippen molar-refractivity contribution >= 4 is 23.2 Å². The molecule has 0 aliphatic heterocycles. The van der Waals surface area contributed by atoms with Crippen LogP contribution in [-0.4, -0.2) is 34.7 Å². The van der Waals surface area contributed by atoms with E-state index in [4.69, 9.17) is 23.2 Å². The summed E-state index contributed by atoms with van der Waals surface area (Å²) in [6.07, 6.45) is 0. The van der Waals surface area contributed by atoms with Gasteiger partial charge >= 0.3 is 0 Å². The van der Waals surface area contributed by atoms with Crippen LogP contribution in [0.2, 0.25) is 0 Å². The molecule has 1 aromatic rings. The van der Waals surface area contributed by atoms with Crippen molar-refractivity contribution in [1.82, 2.24) is 0 Å². The number of benzene rings is 1. The number of nitrogens with zero attached hydrogens (tertiary/aromatic N) is 1. The third kappa shape index (κ3) is 5.37. The number of alkyl halides is 2. The molecule has 0 atom stereocenters. The van der Waals surface area contributed by atoms with Crippen molar-refractivity contribution in [1.29, 1.82) is 0 Å². The summed E-state index contributed by atoms with van der Waals surface area (Å²) in [5.74, 6) is 0.862. The Kier molecular flexibility index (Phi) is 8.16. The maximum absolute atomic E-state index is 10.2. The standard InChI is InChI=1S/C11H16Cl2NO.ClH/c12-6-8-14(15,9-7-13)10-11-4-2-1-3-5-11;/h1-5,15H,6-10H2;1H/q+1;/p-1. The molecule has 0 amide bonds. The van der Waals surface area contributed by atoms with Crippen LogP contribution in [-0.2, 0) is 6.54 Å². The quantitative estimate of drug-likeness (QED) is 0.438. The Hall–Kier alpha value is 0.01000. The molecule has 5 heteroatoms. The summed E-state index contributed by atoms with van der Waals surface area (Å²) < 4.78 is -0.0863. The molecule has 0 saturated heterocycles. The highest BCUT2D eigenvalue weighted by molar-refractivity contribution is 6.18. The van der Waals surface area contributed by atoms with Gasteiger partial charge in [-0.2, -0.15) is 4.65 Å². The lowest BCUT2D eigenvalue weighted by atomic mass is 10.2. The van der Waals surface area contributed by atoms with Crippen molar-refractivity contribution < 1.29 is 22.3 Å². The summed E-state index contributed by atoms with van der Waals surface area (Å²) in [5.41, 5.74) is 1.09. The summed E-state index contributed by atoms with van der Waals surface area (Å²) in [5, 5.41) is 10.2. The van der Waals surface area contributed by atoms with Crippen molar-refractivity contribution in [3.63, 3.8) is 0 Å². The van der Waals surface area contributed by atoms with Gasteiger partial charge in [-0.1, -0.05) is 30.3 Å². The van der Waals surface area contributed by atoms with Crippen LogP contribution in [0, 0.1) is 0 Å². The van der Waals surface area contributed by atoms with Gasteiger partial charge in [0.25, 0.3) is 0 Å². The molecule has 0 heterocycles. The number of hydrogen-bond donors (Lipinski definition) is 1. The van der Waals surface area contributed by atoms with Crippen LogP contribution >= 0.6 is 23.2 Å². The first-order valence-corrected chi connectivity index (χ1v) is 6.02. The van der Waals surface area contributed by atoms with E-state index in [1.165, 1.54) is 0 Å². The minimum Gasteiger partial charge on any atom is -1.00 e. The minimum absolute atomic E-state index is 0. The van der Waals surface area contributed by atoms with Crippen LogP contribution < -0.4 is 12.4 Å². The van der Waals surface area contributed by atoms with Crippen LogP contribution in [0.15, 0.2) is 30.3 Å². The first-order chi connectivity index (χ1) is 7.20. The van der Waals surface area contributed by atoms with Gasteiger partial charge in [0.2, 0.25) is 0 Å². The van der Waals surface area contributed by atoms with Gasteiger partial charge in [0.05, 0.1) is 11.8 Å². The van der Waals surface area contributed by atoms with E-state index in [1.54, 1.807) is 0 Å². The molecule has 0 spiro atoms. The van der Waals surface area contributed by atoms with Crippen LogP contribution in [0.25, 0.3) is 0 Å². The van der Waals surface area contributed by atoms with E-state index in [2.05, 4.69) is 0 Å². The van der Waals surface area contributed by atoms with Gasteiger partial charge in [-0.3, -0.25) is 0 Å². The number of hydroxylamine groups is 3. The van der Waals surface area contributed by atoms with Crippen molar-refractivity contribution in [3.8, 4) is 0 Å². The zero-order valence-electron chi connectivity index (χ0n) is 8.95. The van der Waals surface area contributed by atoms with Crippen molar-refractivity contribution in [2.45, 2.75) is 6.54 Å². The zero-order chi connectivity index (χ0) is 11.1. The lowest BCUT2D eigenvalue weighted by Crippen LogP contribution is -3.00. The summed E-state index contributed by atoms with van der Waals surface area (Å²) in [6, 6.07) is 9.86. The van der Waals surface area contributed by atoms with Gasteiger partial charge in [-0.25, -0.2) is 5.21 Å². The zero-order valence-corrected chi connectivity index (χ0v) is 11.2. The van der Waals surface area contributed by atoms with E-state index in [0.717, 1.165) is 5.56 Å². The molecule has 1 N–H and O–H groups in total. The molecule has 0 unspecified atom stereocenters. The van der Waals surface area contributed by atoms with E-state index in [1.807, 2.05) is 30.3 Å². The SMILES string of the molecule is O[N+](CCCl)(CCCl)Cc1ccccc1.[Cl-]. The Balaban J connectivity index is 0.00000225. The molecule has 0 saturated carbocycles. The second-order valence-electron chi connectivity index (χ2n) is 3.56. The van der Waals surface area contributed by atoms with E-state index < -0.39 is 0 Å². The lowest BCUT2D eigenvalue weighted by molar-refractivity contribution is -1.11. The van der Waals surface area contributed by atoms with E-state index >= 15 is 0 Å². The fourth-order valence-electron chi connectivity index (χ4n) is 1.51. The monoisotopic (exact) mass is 283 g/mol. The lowest BCUT2D eigenvalue weighted by Gasteiger charge is -2.28. The summed E-state index contributed by atoms with van der Waals surface area (Å²) in [6.45, 7) is 1.59. The van der Waals surface area contributed by atoms with Gasteiger partial charge in [-0.05, 0) is 0 Å². The first kappa shape index (κ1) is 16.0. The van der Waals surface area contributed by atoms with Crippen molar-refractivity contribution in [2.24, 2.45) is 0 Å². The minimum atomic E-state index is -0.0863. The molecular weight excluding hydrogens is 268 g/mol. The molecule has 92 valence electrons. The van der Waals surface area contributed by atoms with Gasteiger partial charge < -0.3 is 12.4 Å². The highest BCUT2D eigenvalue weighted by Crippen LogP contribution is 2.12. The van der Waals surface area contributed by atoms with E-state index in [0.29, 0.717) is 31.4 Å². The maximum atomic E-state index is 10.2. The average molecular weight is 285 g/mol. The van der Waals surface area contributed by atoms with Crippen LogP contribution in [0.5, 0.6) is 0 Å². The smallest absolute Gasteiger partial charge is 0.134 e. The van der Waals surface area contributed by atoms with E-state index in [9.17, 15) is 5.21 Å². The molecule has 0 aromatic heterocycles. The van der Waals surface area contributed by atoms with Crippen molar-refractivity contribution in [2.75, 3.05) is 24.8 Å². The molecule has 0 bridgehead atoms.